The number of aryl methyl sites for hydroxylation is 1. The van der Waals surface area contributed by atoms with Crippen molar-refractivity contribution in [1.82, 2.24) is 0 Å². The van der Waals surface area contributed by atoms with E-state index in [0.717, 1.165) is 29.7 Å². The van der Waals surface area contributed by atoms with Gasteiger partial charge < -0.3 is 0 Å². The maximum absolute atomic E-state index is 13.2. The Kier molecular flexibility index (Phi) is 13.4. The predicted octanol–water partition coefficient (Wildman–Crippen LogP) is 13.4. The molecule has 1 nitrogen and oxygen atoms in total. The van der Waals surface area contributed by atoms with Gasteiger partial charge in [0.1, 0.15) is 0 Å². The minimum atomic E-state index is 0.133. The summed E-state index contributed by atoms with van der Waals surface area (Å²) in [5, 5.41) is 0. The third kappa shape index (κ3) is 7.75. The maximum atomic E-state index is 13.2. The molecule has 0 saturated heterocycles. The van der Waals surface area contributed by atoms with Crippen LogP contribution in [0.1, 0.15) is 182 Å². The lowest BCUT2D eigenvalue weighted by atomic mass is 9.43. The van der Waals surface area contributed by atoms with Crippen molar-refractivity contribution in [2.45, 2.75) is 178 Å². The van der Waals surface area contributed by atoms with E-state index in [-0.39, 0.29) is 5.92 Å². The molecule has 6 atom stereocenters. The summed E-state index contributed by atoms with van der Waals surface area (Å²) in [6.07, 6.45) is 22.5. The lowest BCUT2D eigenvalue weighted by Crippen LogP contribution is -2.55. The zero-order valence-corrected chi connectivity index (χ0v) is 31.9. The van der Waals surface area contributed by atoms with Crippen molar-refractivity contribution in [2.24, 2.45) is 34.5 Å². The van der Waals surface area contributed by atoms with Gasteiger partial charge in [0.25, 0.3) is 0 Å². The van der Waals surface area contributed by atoms with Crippen molar-refractivity contribution in [3.05, 3.63) is 52.1 Å². The summed E-state index contributed by atoms with van der Waals surface area (Å²) in [4.78, 5) is 13.2. The fraction of sp³-hybridized carbons (Fsp3) is 0.750. The van der Waals surface area contributed by atoms with E-state index in [1.54, 1.807) is 11.1 Å². The van der Waals surface area contributed by atoms with Crippen LogP contribution in [-0.4, -0.2) is 5.78 Å². The van der Waals surface area contributed by atoms with Crippen molar-refractivity contribution < 1.29 is 4.79 Å². The summed E-state index contributed by atoms with van der Waals surface area (Å²) in [7, 11) is 0. The van der Waals surface area contributed by atoms with Crippen LogP contribution in [0.4, 0.5) is 0 Å². The van der Waals surface area contributed by atoms with E-state index in [1.165, 1.54) is 100 Å². The van der Waals surface area contributed by atoms with Crippen molar-refractivity contribution in [1.29, 1.82) is 0 Å². The van der Waals surface area contributed by atoms with Gasteiger partial charge in [0.15, 0.2) is 5.78 Å². The van der Waals surface area contributed by atoms with E-state index in [9.17, 15) is 4.79 Å². The van der Waals surface area contributed by atoms with Crippen LogP contribution >= 0.6 is 0 Å². The number of allylic oxidation sites excluding steroid dienone is 4. The molecule has 4 aliphatic rings. The molecule has 0 bridgehead atoms. The predicted molar refractivity (Wildman–Crippen MR) is 199 cm³/mol. The Labute approximate surface area is 280 Å². The van der Waals surface area contributed by atoms with E-state index < -0.39 is 0 Å². The first-order chi connectivity index (χ1) is 21.4. The van der Waals surface area contributed by atoms with Crippen molar-refractivity contribution in [2.75, 3.05) is 0 Å². The first kappa shape index (κ1) is 37.8. The molecule has 1 heteroatoms. The quantitative estimate of drug-likeness (QED) is 0.226. The Hall–Kier alpha value is -1.63. The topological polar surface area (TPSA) is 17.1 Å². The molecule has 2 fully saturated rings. The normalized spacial score (nSPS) is 28.7. The van der Waals surface area contributed by atoms with Crippen molar-refractivity contribution >= 4 is 11.4 Å². The Balaban J connectivity index is 0.00000104. The molecule has 254 valence electrons. The SMILES string of the molecule is CC.CCC.CCCC(CC)CCCCC(C)C(=O)C1=CC(c2cc(C)c3c(c2)C[C@H]2[C@@]3(C)CCC3C(C)(C)CCC[C@@]32C)=C1. The fourth-order valence-corrected chi connectivity index (χ4v) is 10.5. The second-order valence-electron chi connectivity index (χ2n) is 16.5. The van der Waals surface area contributed by atoms with Gasteiger partial charge in [-0.1, -0.05) is 140 Å². The molecule has 0 heterocycles. The van der Waals surface area contributed by atoms with Gasteiger partial charge in [-0.05, 0) is 119 Å². The molecule has 0 radical (unpaired) electrons. The number of fused-ring (bicyclic) bond motifs is 5. The summed E-state index contributed by atoms with van der Waals surface area (Å²) < 4.78 is 0. The largest absolute Gasteiger partial charge is 0.294 e. The fourth-order valence-electron chi connectivity index (χ4n) is 10.5. The smallest absolute Gasteiger partial charge is 0.165 e. The number of unbranched alkanes of at least 4 members (excludes halogenated alkanes) is 1. The van der Waals surface area contributed by atoms with Crippen molar-refractivity contribution in [3.63, 3.8) is 0 Å². The van der Waals surface area contributed by atoms with Crippen molar-refractivity contribution in [3.8, 4) is 0 Å². The highest BCUT2D eigenvalue weighted by Gasteiger charge is 2.61. The summed E-state index contributed by atoms with van der Waals surface area (Å²) in [5.41, 5.74) is 9.50. The number of benzene rings is 1. The van der Waals surface area contributed by atoms with Crippen LogP contribution < -0.4 is 0 Å². The standard InChI is InChI=1S/C39H58O.C3H8.C2H6/c1-9-14-28(10-2)16-12-11-15-26(3)36(40)32-23-30(24-32)29-21-27(4)35-31(22-29)25-34-38(7)19-13-18-37(5,6)33(38)17-20-39(34,35)8;1-3-2;1-2/h21-24,26,28,33-34H,9-20,25H2,1-8H3;3H2,1-2H3;1-2H3/t26?,28?,33?,34-,38+,39-;;/m1../s1. The molecule has 0 aliphatic heterocycles. The molecule has 2 saturated carbocycles. The average Bonchev–Trinajstić information content (AvgIpc) is 3.28. The minimum Gasteiger partial charge on any atom is -0.294 e. The van der Waals surface area contributed by atoms with Gasteiger partial charge in [-0.15, -0.1) is 0 Å². The lowest BCUT2D eigenvalue weighted by molar-refractivity contribution is -0.118. The van der Waals surface area contributed by atoms with Crippen LogP contribution in [0.3, 0.4) is 0 Å². The molecule has 0 spiro atoms. The summed E-state index contributed by atoms with van der Waals surface area (Å²) in [6.45, 7) is 27.7. The number of rotatable bonds is 11. The summed E-state index contributed by atoms with van der Waals surface area (Å²) in [5.74, 6) is 2.95. The maximum Gasteiger partial charge on any atom is 0.165 e. The Bertz CT molecular complexity index is 1200. The molecule has 5 rings (SSSR count). The van der Waals surface area contributed by atoms with Crippen LogP contribution in [-0.2, 0) is 16.6 Å². The molecule has 0 amide bonds. The Morgan fingerprint density at radius 2 is 1.53 bits per heavy atom. The highest BCUT2D eigenvalue weighted by atomic mass is 16.1. The van der Waals surface area contributed by atoms with E-state index in [4.69, 9.17) is 0 Å². The van der Waals surface area contributed by atoms with E-state index in [0.29, 0.717) is 22.0 Å². The van der Waals surface area contributed by atoms with Gasteiger partial charge >= 0.3 is 0 Å². The van der Waals surface area contributed by atoms with Gasteiger partial charge in [-0.25, -0.2) is 0 Å². The zero-order chi connectivity index (χ0) is 33.6. The number of hydrogen-bond acceptors (Lipinski definition) is 1. The second-order valence-corrected chi connectivity index (χ2v) is 16.5. The van der Waals surface area contributed by atoms with Gasteiger partial charge in [0, 0.05) is 11.5 Å². The first-order valence-corrected chi connectivity index (χ1v) is 19.5. The van der Waals surface area contributed by atoms with Crippen LogP contribution in [0, 0.1) is 41.4 Å². The van der Waals surface area contributed by atoms with Gasteiger partial charge in [0.2, 0.25) is 0 Å². The monoisotopic (exact) mass is 617 g/mol. The molecule has 45 heavy (non-hydrogen) atoms. The van der Waals surface area contributed by atoms with Gasteiger partial charge in [0.05, 0.1) is 0 Å². The number of Topliss-reactive ketones (excluding diaryl/α,β-unsaturated/α-hetero) is 1. The van der Waals surface area contributed by atoms with E-state index in [2.05, 4.69) is 93.5 Å². The minimum absolute atomic E-state index is 0.133. The highest BCUT2D eigenvalue weighted by Crippen LogP contribution is 2.68. The van der Waals surface area contributed by atoms with Crippen LogP contribution in [0.25, 0.3) is 5.57 Å². The molecular formula is C44H72O. The highest BCUT2D eigenvalue weighted by molar-refractivity contribution is 6.08. The summed E-state index contributed by atoms with van der Waals surface area (Å²) >= 11 is 0. The molecule has 1 aromatic carbocycles. The molecule has 3 unspecified atom stereocenters. The first-order valence-electron chi connectivity index (χ1n) is 19.5. The molecule has 4 aliphatic carbocycles. The third-order valence-electron chi connectivity index (χ3n) is 12.7. The number of carbonyl (C=O) groups excluding carboxylic acids is 1. The molecule has 0 N–H and O–H groups in total. The van der Waals surface area contributed by atoms with Crippen LogP contribution in [0.15, 0.2) is 29.9 Å². The van der Waals surface area contributed by atoms with Crippen LogP contribution in [0.5, 0.6) is 0 Å². The Morgan fingerprint density at radius 3 is 2.16 bits per heavy atom. The van der Waals surface area contributed by atoms with Gasteiger partial charge in [-0.2, -0.15) is 0 Å². The summed E-state index contributed by atoms with van der Waals surface area (Å²) in [6, 6.07) is 4.94. The van der Waals surface area contributed by atoms with E-state index in [1.807, 2.05) is 13.8 Å². The number of hydrogen-bond donors (Lipinski definition) is 0. The third-order valence-corrected chi connectivity index (χ3v) is 12.7. The molecular weight excluding hydrogens is 544 g/mol. The number of carbonyl (C=O) groups is 1. The Morgan fingerprint density at radius 1 is 0.889 bits per heavy atom. The van der Waals surface area contributed by atoms with E-state index >= 15 is 0 Å². The lowest BCUT2D eigenvalue weighted by Gasteiger charge is -2.61. The number of ketones is 1. The van der Waals surface area contributed by atoms with Gasteiger partial charge in [-0.3, -0.25) is 4.79 Å². The zero-order valence-electron chi connectivity index (χ0n) is 31.9. The second kappa shape index (κ2) is 16.0. The average molecular weight is 617 g/mol. The molecule has 0 aromatic heterocycles. The van der Waals surface area contributed by atoms with Crippen LogP contribution in [0.2, 0.25) is 0 Å². The molecule has 1 aromatic rings.